The molecule has 1 aromatic carbocycles. The van der Waals surface area contributed by atoms with E-state index >= 15 is 0 Å². The molecule has 0 unspecified atom stereocenters. The summed E-state index contributed by atoms with van der Waals surface area (Å²) in [6, 6.07) is 6.59. The van der Waals surface area contributed by atoms with Gasteiger partial charge in [0.2, 0.25) is 15.9 Å². The third kappa shape index (κ3) is 3.14. The Hall–Kier alpha value is -1.67. The summed E-state index contributed by atoms with van der Waals surface area (Å²) < 4.78 is 29.5. The number of sulfonamides is 1. The predicted molar refractivity (Wildman–Crippen MR) is 65.6 cm³/mol. The van der Waals surface area contributed by atoms with E-state index in [9.17, 15) is 8.42 Å². The van der Waals surface area contributed by atoms with Gasteiger partial charge in [0.15, 0.2) is 0 Å². The molecule has 0 spiro atoms. The summed E-state index contributed by atoms with van der Waals surface area (Å²) >= 11 is 4.75. The number of hydrogen-bond donors (Lipinski definition) is 2. The highest BCUT2D eigenvalue weighted by molar-refractivity contribution is 7.92. The van der Waals surface area contributed by atoms with Crippen molar-refractivity contribution in [3.8, 4) is 11.5 Å². The molecule has 2 N–H and O–H groups in total. The number of aromatic nitrogens is 2. The lowest BCUT2D eigenvalue weighted by atomic mass is 10.2. The normalized spacial score (nSPS) is 11.4. The number of hydrogen-bond acceptors (Lipinski definition) is 5. The van der Waals surface area contributed by atoms with Crippen molar-refractivity contribution >= 4 is 27.9 Å². The van der Waals surface area contributed by atoms with E-state index in [1.54, 1.807) is 24.3 Å². The van der Waals surface area contributed by atoms with Gasteiger partial charge in [-0.15, -0.1) is 5.10 Å². The maximum atomic E-state index is 11.0. The van der Waals surface area contributed by atoms with Crippen molar-refractivity contribution in [2.45, 2.75) is 0 Å². The summed E-state index contributed by atoms with van der Waals surface area (Å²) in [6.07, 6.45) is 1.09. The molecule has 1 heterocycles. The average Bonchev–Trinajstić information content (AvgIpc) is 2.63. The molecule has 0 amide bonds. The molecule has 0 aliphatic rings. The van der Waals surface area contributed by atoms with Crippen LogP contribution in [0.3, 0.4) is 0 Å². The maximum absolute atomic E-state index is 11.0. The van der Waals surface area contributed by atoms with Crippen LogP contribution in [-0.2, 0) is 10.0 Å². The molecule has 90 valence electrons. The smallest absolute Gasteiger partial charge is 0.284 e. The SMILES string of the molecule is CS(=O)(=O)Nc1ccc(-c2n[nH]c(=S)o2)cc1. The third-order valence-electron chi connectivity index (χ3n) is 1.87. The Labute approximate surface area is 103 Å². The van der Waals surface area contributed by atoms with Crippen molar-refractivity contribution in [3.05, 3.63) is 29.1 Å². The Bertz CT molecular complexity index is 670. The second kappa shape index (κ2) is 4.30. The van der Waals surface area contributed by atoms with Gasteiger partial charge < -0.3 is 4.42 Å². The molecule has 6 nitrogen and oxygen atoms in total. The molecule has 0 bridgehead atoms. The zero-order valence-electron chi connectivity index (χ0n) is 8.80. The summed E-state index contributed by atoms with van der Waals surface area (Å²) in [4.78, 5) is 0.193. The van der Waals surface area contributed by atoms with Gasteiger partial charge in [-0.25, -0.2) is 13.5 Å². The molecule has 0 fully saturated rings. The molecule has 0 aliphatic heterocycles. The van der Waals surface area contributed by atoms with Crippen molar-refractivity contribution in [1.29, 1.82) is 0 Å². The molecule has 0 saturated heterocycles. The van der Waals surface area contributed by atoms with Gasteiger partial charge in [-0.1, -0.05) is 0 Å². The number of aromatic amines is 1. The summed E-state index contributed by atoms with van der Waals surface area (Å²) in [7, 11) is -3.26. The van der Waals surface area contributed by atoms with E-state index in [4.69, 9.17) is 16.6 Å². The topological polar surface area (TPSA) is 88.0 Å². The Balaban J connectivity index is 2.27. The lowest BCUT2D eigenvalue weighted by Gasteiger charge is -2.03. The van der Waals surface area contributed by atoms with Gasteiger partial charge in [-0.3, -0.25) is 4.72 Å². The van der Waals surface area contributed by atoms with Crippen molar-refractivity contribution < 1.29 is 12.8 Å². The molecule has 8 heteroatoms. The number of benzene rings is 1. The van der Waals surface area contributed by atoms with E-state index < -0.39 is 10.0 Å². The molecule has 2 rings (SSSR count). The minimum absolute atomic E-state index is 0.193. The Morgan fingerprint density at radius 2 is 2.00 bits per heavy atom. The molecule has 0 aliphatic carbocycles. The van der Waals surface area contributed by atoms with Crippen LogP contribution in [0.2, 0.25) is 0 Å². The highest BCUT2D eigenvalue weighted by Crippen LogP contribution is 2.19. The number of nitrogens with zero attached hydrogens (tertiary/aromatic N) is 1. The number of nitrogens with one attached hydrogen (secondary N) is 2. The largest absolute Gasteiger partial charge is 0.409 e. The first-order chi connectivity index (χ1) is 7.94. The Morgan fingerprint density at radius 1 is 1.35 bits per heavy atom. The minimum atomic E-state index is -3.26. The van der Waals surface area contributed by atoms with Gasteiger partial charge >= 0.3 is 0 Å². The van der Waals surface area contributed by atoms with Gasteiger partial charge in [-0.05, 0) is 36.5 Å². The summed E-state index contributed by atoms with van der Waals surface area (Å²) in [5.74, 6) is 0.362. The number of rotatable bonds is 3. The highest BCUT2D eigenvalue weighted by atomic mass is 32.2. The number of anilines is 1. The van der Waals surface area contributed by atoms with Crippen LogP contribution in [-0.4, -0.2) is 24.9 Å². The first-order valence-corrected chi connectivity index (χ1v) is 6.88. The summed E-state index contributed by atoms with van der Waals surface area (Å²) in [5, 5.41) is 6.36. The predicted octanol–water partition coefficient (Wildman–Crippen LogP) is 1.77. The van der Waals surface area contributed by atoms with Gasteiger partial charge in [0, 0.05) is 11.3 Å². The summed E-state index contributed by atoms with van der Waals surface area (Å²) in [6.45, 7) is 0. The Kier molecular flexibility index (Phi) is 2.99. The molecule has 0 atom stereocenters. The van der Waals surface area contributed by atoms with E-state index in [0.29, 0.717) is 17.1 Å². The van der Waals surface area contributed by atoms with E-state index in [0.717, 1.165) is 6.26 Å². The molecule has 0 saturated carbocycles. The van der Waals surface area contributed by atoms with Gasteiger partial charge in [-0.2, -0.15) is 0 Å². The Morgan fingerprint density at radius 3 is 2.47 bits per heavy atom. The molecule has 0 radical (unpaired) electrons. The monoisotopic (exact) mass is 271 g/mol. The van der Waals surface area contributed by atoms with Gasteiger partial charge in [0.05, 0.1) is 6.26 Å². The lowest BCUT2D eigenvalue weighted by Crippen LogP contribution is -2.09. The first kappa shape index (κ1) is 11.8. The van der Waals surface area contributed by atoms with E-state index in [-0.39, 0.29) is 4.84 Å². The van der Waals surface area contributed by atoms with Crippen LogP contribution in [0, 0.1) is 4.84 Å². The van der Waals surface area contributed by atoms with Crippen LogP contribution in [0.1, 0.15) is 0 Å². The van der Waals surface area contributed by atoms with E-state index in [1.807, 2.05) is 0 Å². The second-order valence-corrected chi connectivity index (χ2v) is 5.49. The van der Waals surface area contributed by atoms with Crippen molar-refractivity contribution in [1.82, 2.24) is 10.2 Å². The van der Waals surface area contributed by atoms with Crippen molar-refractivity contribution in [2.75, 3.05) is 11.0 Å². The molecular weight excluding hydrogens is 262 g/mol. The highest BCUT2D eigenvalue weighted by Gasteiger charge is 2.05. The van der Waals surface area contributed by atoms with Crippen LogP contribution in [0.25, 0.3) is 11.5 Å². The third-order valence-corrected chi connectivity index (χ3v) is 2.65. The average molecular weight is 271 g/mol. The quantitative estimate of drug-likeness (QED) is 0.831. The summed E-state index contributed by atoms with van der Waals surface area (Å²) in [5.41, 5.74) is 1.18. The van der Waals surface area contributed by atoms with Crippen LogP contribution < -0.4 is 4.72 Å². The van der Waals surface area contributed by atoms with Crippen LogP contribution in [0.4, 0.5) is 5.69 Å². The van der Waals surface area contributed by atoms with E-state index in [1.165, 1.54) is 0 Å². The van der Waals surface area contributed by atoms with Crippen LogP contribution >= 0.6 is 12.2 Å². The first-order valence-electron chi connectivity index (χ1n) is 4.58. The van der Waals surface area contributed by atoms with Gasteiger partial charge in [0.1, 0.15) is 0 Å². The maximum Gasteiger partial charge on any atom is 0.284 e. The van der Waals surface area contributed by atoms with E-state index in [2.05, 4.69) is 14.9 Å². The van der Waals surface area contributed by atoms with Gasteiger partial charge in [0.25, 0.3) is 4.84 Å². The fourth-order valence-corrected chi connectivity index (χ4v) is 1.94. The van der Waals surface area contributed by atoms with Crippen molar-refractivity contribution in [3.63, 3.8) is 0 Å². The fourth-order valence-electron chi connectivity index (χ4n) is 1.25. The lowest BCUT2D eigenvalue weighted by molar-refractivity contribution is 0.552. The van der Waals surface area contributed by atoms with Crippen LogP contribution in [0.5, 0.6) is 0 Å². The number of H-pyrrole nitrogens is 1. The molecule has 17 heavy (non-hydrogen) atoms. The van der Waals surface area contributed by atoms with Crippen LogP contribution in [0.15, 0.2) is 28.7 Å². The molecule has 1 aromatic heterocycles. The second-order valence-electron chi connectivity index (χ2n) is 3.37. The fraction of sp³-hybridized carbons (Fsp3) is 0.111. The molecule has 2 aromatic rings. The standard InChI is InChI=1S/C9H9N3O3S2/c1-17(13,14)12-7-4-2-6(3-5-7)8-10-11-9(16)15-8/h2-5,12H,1H3,(H,11,16). The zero-order chi connectivity index (χ0) is 12.5. The zero-order valence-corrected chi connectivity index (χ0v) is 10.4. The molecular formula is C9H9N3O3S2. The van der Waals surface area contributed by atoms with Crippen molar-refractivity contribution in [2.24, 2.45) is 0 Å². The minimum Gasteiger partial charge on any atom is -0.409 e.